The Hall–Kier alpha value is -1.16. The van der Waals surface area contributed by atoms with Crippen LogP contribution in [0.3, 0.4) is 0 Å². The van der Waals surface area contributed by atoms with Gasteiger partial charge >= 0.3 is 0 Å². The number of methoxy groups -OCH3 is 1. The fourth-order valence-corrected chi connectivity index (χ4v) is 0.700. The van der Waals surface area contributed by atoms with Crippen molar-refractivity contribution >= 4 is 5.91 Å². The van der Waals surface area contributed by atoms with E-state index in [1.165, 1.54) is 18.0 Å². The molecule has 1 aromatic heterocycles. The van der Waals surface area contributed by atoms with Crippen LogP contribution in [-0.2, 0) is 4.74 Å². The molecule has 60 valence electrons. The zero-order valence-corrected chi connectivity index (χ0v) is 6.52. The molecule has 1 heterocycles. The van der Waals surface area contributed by atoms with Gasteiger partial charge in [0.15, 0.2) is 0 Å². The largest absolute Gasteiger partial charge is 0.372 e. The Morgan fingerprint density at radius 1 is 1.73 bits per heavy atom. The van der Waals surface area contributed by atoms with E-state index < -0.39 is 6.10 Å². The number of carbonyl (C=O) groups excluding carboxylic acids is 1. The normalized spacial score (nSPS) is 12.9. The molecule has 4 nitrogen and oxygen atoms in total. The van der Waals surface area contributed by atoms with Crippen LogP contribution in [0.5, 0.6) is 0 Å². The fourth-order valence-electron chi connectivity index (χ4n) is 0.700. The van der Waals surface area contributed by atoms with Gasteiger partial charge in [0.05, 0.1) is 0 Å². The lowest BCUT2D eigenvalue weighted by Gasteiger charge is -2.06. The zero-order chi connectivity index (χ0) is 8.27. The lowest BCUT2D eigenvalue weighted by Crippen LogP contribution is -2.24. The standard InChI is InChI=1S/C7H10N2O2/c1-6(11-2)7(10)9-4-3-8-5-9/h3-6H,1-2H3/t6-/m1/s1. The molecule has 1 rings (SSSR count). The van der Waals surface area contributed by atoms with E-state index in [9.17, 15) is 4.79 Å². The maximum Gasteiger partial charge on any atom is 0.260 e. The molecule has 0 saturated heterocycles. The van der Waals surface area contributed by atoms with Crippen molar-refractivity contribution in [1.82, 2.24) is 9.55 Å². The number of aromatic nitrogens is 2. The second-order valence-corrected chi connectivity index (χ2v) is 2.19. The second-order valence-electron chi connectivity index (χ2n) is 2.19. The van der Waals surface area contributed by atoms with Gasteiger partial charge in [-0.15, -0.1) is 0 Å². The van der Waals surface area contributed by atoms with Crippen LogP contribution in [0, 0.1) is 0 Å². The number of nitrogens with zero attached hydrogens (tertiary/aromatic N) is 2. The Morgan fingerprint density at radius 3 is 2.91 bits per heavy atom. The van der Waals surface area contributed by atoms with Gasteiger partial charge in [-0.1, -0.05) is 0 Å². The van der Waals surface area contributed by atoms with Crippen LogP contribution in [0.4, 0.5) is 0 Å². The third-order valence-corrected chi connectivity index (χ3v) is 1.46. The van der Waals surface area contributed by atoms with E-state index in [-0.39, 0.29) is 5.91 Å². The van der Waals surface area contributed by atoms with Gasteiger partial charge in [-0.2, -0.15) is 0 Å². The topological polar surface area (TPSA) is 44.1 Å². The Labute approximate surface area is 64.8 Å². The van der Waals surface area contributed by atoms with E-state index in [0.29, 0.717) is 0 Å². The number of imidazole rings is 1. The minimum absolute atomic E-state index is 0.106. The molecule has 0 amide bonds. The monoisotopic (exact) mass is 154 g/mol. The Morgan fingerprint density at radius 2 is 2.45 bits per heavy atom. The van der Waals surface area contributed by atoms with Gasteiger partial charge in [-0.25, -0.2) is 4.98 Å². The third-order valence-electron chi connectivity index (χ3n) is 1.46. The molecule has 11 heavy (non-hydrogen) atoms. The van der Waals surface area contributed by atoms with Gasteiger partial charge in [0.25, 0.3) is 5.91 Å². The number of ether oxygens (including phenoxy) is 1. The van der Waals surface area contributed by atoms with Crippen LogP contribution in [0.15, 0.2) is 18.7 Å². The SMILES string of the molecule is CO[C@H](C)C(=O)n1ccnc1. The number of rotatable bonds is 2. The van der Waals surface area contributed by atoms with Crippen molar-refractivity contribution in [2.45, 2.75) is 13.0 Å². The van der Waals surface area contributed by atoms with E-state index in [1.807, 2.05) is 0 Å². The van der Waals surface area contributed by atoms with E-state index in [1.54, 1.807) is 19.3 Å². The van der Waals surface area contributed by atoms with Crippen LogP contribution < -0.4 is 0 Å². The smallest absolute Gasteiger partial charge is 0.260 e. The fraction of sp³-hybridized carbons (Fsp3) is 0.429. The summed E-state index contributed by atoms with van der Waals surface area (Å²) in [6.45, 7) is 1.70. The second kappa shape index (κ2) is 3.30. The summed E-state index contributed by atoms with van der Waals surface area (Å²) in [6, 6.07) is 0. The molecule has 0 aliphatic heterocycles. The number of hydrogen-bond acceptors (Lipinski definition) is 3. The highest BCUT2D eigenvalue weighted by Crippen LogP contribution is 1.94. The van der Waals surface area contributed by atoms with Crippen molar-refractivity contribution in [3.05, 3.63) is 18.7 Å². The van der Waals surface area contributed by atoms with Crippen LogP contribution >= 0.6 is 0 Å². The summed E-state index contributed by atoms with van der Waals surface area (Å²) in [5.74, 6) is -0.106. The molecule has 0 unspecified atom stereocenters. The van der Waals surface area contributed by atoms with Crippen molar-refractivity contribution in [2.75, 3.05) is 7.11 Å². The highest BCUT2D eigenvalue weighted by molar-refractivity contribution is 5.82. The zero-order valence-electron chi connectivity index (χ0n) is 6.52. The average Bonchev–Trinajstić information content (AvgIpc) is 2.53. The Bertz CT molecular complexity index is 231. The summed E-state index contributed by atoms with van der Waals surface area (Å²) in [4.78, 5) is 15.0. The minimum atomic E-state index is -0.413. The molecule has 0 bridgehead atoms. The Kier molecular flexibility index (Phi) is 2.38. The molecule has 1 atom stereocenters. The molecule has 1 aromatic rings. The molecule has 4 heteroatoms. The molecule has 0 aromatic carbocycles. The highest BCUT2D eigenvalue weighted by atomic mass is 16.5. The predicted molar refractivity (Wildman–Crippen MR) is 39.3 cm³/mol. The lowest BCUT2D eigenvalue weighted by molar-refractivity contribution is 0.0565. The maximum absolute atomic E-state index is 11.2. The minimum Gasteiger partial charge on any atom is -0.372 e. The third kappa shape index (κ3) is 1.65. The first-order valence-electron chi connectivity index (χ1n) is 3.30. The quantitative estimate of drug-likeness (QED) is 0.625. The summed E-state index contributed by atoms with van der Waals surface area (Å²) in [5, 5.41) is 0. The molecule has 0 aliphatic carbocycles. The van der Waals surface area contributed by atoms with Gasteiger partial charge < -0.3 is 4.74 Å². The molecular weight excluding hydrogens is 144 g/mol. The summed E-state index contributed by atoms with van der Waals surface area (Å²) in [6.07, 6.45) is 4.19. The molecule has 0 spiro atoms. The highest BCUT2D eigenvalue weighted by Gasteiger charge is 2.12. The first-order valence-corrected chi connectivity index (χ1v) is 3.30. The van der Waals surface area contributed by atoms with Crippen molar-refractivity contribution in [3.63, 3.8) is 0 Å². The van der Waals surface area contributed by atoms with E-state index in [2.05, 4.69) is 4.98 Å². The average molecular weight is 154 g/mol. The summed E-state index contributed by atoms with van der Waals surface area (Å²) >= 11 is 0. The van der Waals surface area contributed by atoms with Gasteiger partial charge in [0, 0.05) is 19.5 Å². The van der Waals surface area contributed by atoms with Crippen LogP contribution in [0.1, 0.15) is 11.7 Å². The van der Waals surface area contributed by atoms with Gasteiger partial charge in [-0.05, 0) is 6.92 Å². The van der Waals surface area contributed by atoms with E-state index in [0.717, 1.165) is 0 Å². The van der Waals surface area contributed by atoms with Crippen LogP contribution in [-0.4, -0.2) is 28.7 Å². The summed E-state index contributed by atoms with van der Waals surface area (Å²) in [5.41, 5.74) is 0. The van der Waals surface area contributed by atoms with Gasteiger partial charge in [0.1, 0.15) is 12.4 Å². The molecule has 0 N–H and O–H groups in total. The molecule has 0 aliphatic rings. The summed E-state index contributed by atoms with van der Waals surface area (Å²) < 4.78 is 6.23. The predicted octanol–water partition coefficient (Wildman–Crippen LogP) is 0.558. The lowest BCUT2D eigenvalue weighted by atomic mass is 10.4. The van der Waals surface area contributed by atoms with Crippen molar-refractivity contribution in [3.8, 4) is 0 Å². The van der Waals surface area contributed by atoms with Crippen molar-refractivity contribution in [2.24, 2.45) is 0 Å². The first kappa shape index (κ1) is 7.94. The van der Waals surface area contributed by atoms with Crippen molar-refractivity contribution in [1.29, 1.82) is 0 Å². The van der Waals surface area contributed by atoms with E-state index >= 15 is 0 Å². The van der Waals surface area contributed by atoms with Crippen molar-refractivity contribution < 1.29 is 9.53 Å². The van der Waals surface area contributed by atoms with Gasteiger partial charge in [-0.3, -0.25) is 9.36 Å². The van der Waals surface area contributed by atoms with Crippen LogP contribution in [0.25, 0.3) is 0 Å². The molecular formula is C7H10N2O2. The van der Waals surface area contributed by atoms with E-state index in [4.69, 9.17) is 4.74 Å². The molecule has 0 saturated carbocycles. The molecule has 0 fully saturated rings. The number of hydrogen-bond donors (Lipinski definition) is 0. The summed E-state index contributed by atoms with van der Waals surface area (Å²) in [7, 11) is 1.50. The maximum atomic E-state index is 11.2. The number of carbonyl (C=O) groups is 1. The first-order chi connectivity index (χ1) is 5.25. The van der Waals surface area contributed by atoms with Crippen LogP contribution in [0.2, 0.25) is 0 Å². The Balaban J connectivity index is 2.70. The molecule has 0 radical (unpaired) electrons. The van der Waals surface area contributed by atoms with Gasteiger partial charge in [0.2, 0.25) is 0 Å².